The van der Waals surface area contributed by atoms with Crippen molar-refractivity contribution >= 4 is 23.4 Å². The van der Waals surface area contributed by atoms with Gasteiger partial charge in [0.25, 0.3) is 5.92 Å². The van der Waals surface area contributed by atoms with Crippen molar-refractivity contribution in [3.8, 4) is 0 Å². The number of carbonyl (C=O) groups excluding carboxylic acids is 3. The fourth-order valence-corrected chi connectivity index (χ4v) is 3.68. The fraction of sp³-hybridized carbons (Fsp3) is 0.333. The SMILES string of the molecule is C[C@@H]1CN(C(=O)C(=O)Nc2cncc(C(N)=O)c2)[C@](C)(c2ccc(F)c(F)c2)CC1(F)F. The first kappa shape index (κ1) is 23.2. The summed E-state index contributed by atoms with van der Waals surface area (Å²) in [5.74, 6) is -10.1. The maximum atomic E-state index is 14.6. The van der Waals surface area contributed by atoms with Gasteiger partial charge < -0.3 is 16.0 Å². The predicted molar refractivity (Wildman–Crippen MR) is 106 cm³/mol. The van der Waals surface area contributed by atoms with Crippen molar-refractivity contribution in [2.24, 2.45) is 11.7 Å². The Balaban J connectivity index is 1.95. The number of carbonyl (C=O) groups is 3. The molecule has 1 saturated heterocycles. The Kier molecular flexibility index (Phi) is 5.94. The Hall–Kier alpha value is -3.50. The van der Waals surface area contributed by atoms with Crippen LogP contribution in [0.1, 0.15) is 36.2 Å². The van der Waals surface area contributed by atoms with Crippen LogP contribution in [0.25, 0.3) is 0 Å². The molecular formula is C21H20F4N4O3. The van der Waals surface area contributed by atoms with E-state index in [1.165, 1.54) is 26.1 Å². The first-order valence-corrected chi connectivity index (χ1v) is 9.56. The van der Waals surface area contributed by atoms with Gasteiger partial charge in [0.2, 0.25) is 5.91 Å². The van der Waals surface area contributed by atoms with Gasteiger partial charge in [-0.15, -0.1) is 0 Å². The molecule has 3 N–H and O–H groups in total. The van der Waals surface area contributed by atoms with Crippen LogP contribution in [0, 0.1) is 17.6 Å². The molecule has 0 unspecified atom stereocenters. The first-order chi connectivity index (χ1) is 14.8. The van der Waals surface area contributed by atoms with Gasteiger partial charge in [0.1, 0.15) is 0 Å². The second kappa shape index (κ2) is 8.21. The third-order valence-corrected chi connectivity index (χ3v) is 5.61. The number of amides is 3. The summed E-state index contributed by atoms with van der Waals surface area (Å²) in [5, 5.41) is 2.26. The predicted octanol–water partition coefficient (Wildman–Crippen LogP) is 2.82. The average Bonchev–Trinajstić information content (AvgIpc) is 2.72. The van der Waals surface area contributed by atoms with Crippen LogP contribution in [0.5, 0.6) is 0 Å². The number of anilines is 1. The van der Waals surface area contributed by atoms with E-state index in [2.05, 4.69) is 10.3 Å². The van der Waals surface area contributed by atoms with Gasteiger partial charge in [0.05, 0.1) is 23.0 Å². The molecule has 0 bridgehead atoms. The Morgan fingerprint density at radius 1 is 1.16 bits per heavy atom. The summed E-state index contributed by atoms with van der Waals surface area (Å²) >= 11 is 0. The molecule has 32 heavy (non-hydrogen) atoms. The monoisotopic (exact) mass is 452 g/mol. The maximum Gasteiger partial charge on any atom is 0.313 e. The average molecular weight is 452 g/mol. The molecule has 2 atom stereocenters. The molecule has 1 aromatic heterocycles. The first-order valence-electron chi connectivity index (χ1n) is 9.56. The van der Waals surface area contributed by atoms with Crippen LogP contribution in [-0.2, 0) is 15.1 Å². The normalized spacial score (nSPS) is 22.3. The summed E-state index contributed by atoms with van der Waals surface area (Å²) in [6.45, 7) is 1.98. The van der Waals surface area contributed by atoms with Crippen LogP contribution in [0.3, 0.4) is 0 Å². The topological polar surface area (TPSA) is 105 Å². The Morgan fingerprint density at radius 3 is 2.47 bits per heavy atom. The third kappa shape index (κ3) is 4.27. The van der Waals surface area contributed by atoms with E-state index in [4.69, 9.17) is 5.73 Å². The Bertz CT molecular complexity index is 1090. The fourth-order valence-electron chi connectivity index (χ4n) is 3.68. The van der Waals surface area contributed by atoms with Crippen LogP contribution < -0.4 is 11.1 Å². The number of pyridine rings is 1. The number of aromatic nitrogens is 1. The molecule has 170 valence electrons. The molecule has 0 aliphatic carbocycles. The summed E-state index contributed by atoms with van der Waals surface area (Å²) in [6, 6.07) is 3.81. The highest BCUT2D eigenvalue weighted by molar-refractivity contribution is 6.39. The number of hydrogen-bond donors (Lipinski definition) is 2. The minimum Gasteiger partial charge on any atom is -0.366 e. The molecule has 2 heterocycles. The molecule has 2 aromatic rings. The van der Waals surface area contributed by atoms with Crippen LogP contribution in [-0.4, -0.2) is 40.1 Å². The Morgan fingerprint density at radius 2 is 1.84 bits per heavy atom. The number of rotatable bonds is 3. The van der Waals surface area contributed by atoms with Crippen LogP contribution in [0.15, 0.2) is 36.7 Å². The van der Waals surface area contributed by atoms with Crippen molar-refractivity contribution in [1.29, 1.82) is 0 Å². The molecule has 3 amide bonds. The summed E-state index contributed by atoms with van der Waals surface area (Å²) in [4.78, 5) is 41.6. The standard InChI is InChI=1S/C21H20F4N4O3/c1-11-9-29(19(32)18(31)28-14-5-12(17(26)30)7-27-8-14)20(2,10-21(11,24)25)13-3-4-15(22)16(23)6-13/h3-8,11H,9-10H2,1-2H3,(H2,26,30)(H,28,31)/t11-,20+/m1/s1. The number of benzene rings is 1. The van der Waals surface area contributed by atoms with E-state index >= 15 is 0 Å². The van der Waals surface area contributed by atoms with E-state index < -0.39 is 59.7 Å². The van der Waals surface area contributed by atoms with Crippen LogP contribution in [0.2, 0.25) is 0 Å². The highest BCUT2D eigenvalue weighted by Gasteiger charge is 2.55. The van der Waals surface area contributed by atoms with Crippen molar-refractivity contribution in [2.75, 3.05) is 11.9 Å². The lowest BCUT2D eigenvalue weighted by atomic mass is 9.76. The van der Waals surface area contributed by atoms with E-state index in [1.54, 1.807) is 0 Å². The lowest BCUT2D eigenvalue weighted by molar-refractivity contribution is -0.172. The van der Waals surface area contributed by atoms with Gasteiger partial charge in [-0.1, -0.05) is 13.0 Å². The summed E-state index contributed by atoms with van der Waals surface area (Å²) in [5.41, 5.74) is 3.25. The molecule has 1 fully saturated rings. The summed E-state index contributed by atoms with van der Waals surface area (Å²) in [6.07, 6.45) is 1.43. The van der Waals surface area contributed by atoms with Crippen molar-refractivity contribution in [2.45, 2.75) is 31.7 Å². The molecule has 1 aromatic carbocycles. The molecule has 0 spiro atoms. The zero-order valence-electron chi connectivity index (χ0n) is 17.2. The smallest absolute Gasteiger partial charge is 0.313 e. The lowest BCUT2D eigenvalue weighted by Crippen LogP contribution is -2.61. The van der Waals surface area contributed by atoms with Crippen LogP contribution in [0.4, 0.5) is 23.2 Å². The van der Waals surface area contributed by atoms with E-state index in [0.717, 1.165) is 29.3 Å². The van der Waals surface area contributed by atoms with Crippen molar-refractivity contribution in [3.63, 3.8) is 0 Å². The minimum atomic E-state index is -3.23. The maximum absolute atomic E-state index is 14.6. The third-order valence-electron chi connectivity index (χ3n) is 5.61. The minimum absolute atomic E-state index is 0.00966. The molecular weight excluding hydrogens is 432 g/mol. The Labute approximate surface area is 180 Å². The lowest BCUT2D eigenvalue weighted by Gasteiger charge is -2.50. The molecule has 0 saturated carbocycles. The number of halogens is 4. The van der Waals surface area contributed by atoms with E-state index in [1.807, 2.05) is 0 Å². The summed E-state index contributed by atoms with van der Waals surface area (Å²) < 4.78 is 56.5. The zero-order valence-corrected chi connectivity index (χ0v) is 17.2. The van der Waals surface area contributed by atoms with Crippen molar-refractivity contribution < 1.29 is 31.9 Å². The number of piperidine rings is 1. The molecule has 7 nitrogen and oxygen atoms in total. The molecule has 11 heteroatoms. The number of alkyl halides is 2. The van der Waals surface area contributed by atoms with Crippen molar-refractivity contribution in [3.05, 3.63) is 59.4 Å². The number of nitrogens with zero attached hydrogens (tertiary/aromatic N) is 2. The highest BCUT2D eigenvalue weighted by Crippen LogP contribution is 2.47. The van der Waals surface area contributed by atoms with E-state index in [-0.39, 0.29) is 16.8 Å². The van der Waals surface area contributed by atoms with Crippen LogP contribution >= 0.6 is 0 Å². The summed E-state index contributed by atoms with van der Waals surface area (Å²) in [7, 11) is 0. The van der Waals surface area contributed by atoms with Gasteiger partial charge in [-0.3, -0.25) is 19.4 Å². The second-order valence-electron chi connectivity index (χ2n) is 7.94. The molecule has 1 aliphatic rings. The number of nitrogens with two attached hydrogens (primary N) is 1. The largest absolute Gasteiger partial charge is 0.366 e. The quantitative estimate of drug-likeness (QED) is 0.552. The molecule has 3 rings (SSSR count). The van der Waals surface area contributed by atoms with E-state index in [0.29, 0.717) is 0 Å². The zero-order chi connectivity index (χ0) is 23.8. The van der Waals surface area contributed by atoms with Gasteiger partial charge in [-0.2, -0.15) is 0 Å². The van der Waals surface area contributed by atoms with Gasteiger partial charge in [0.15, 0.2) is 11.6 Å². The van der Waals surface area contributed by atoms with Gasteiger partial charge in [-0.25, -0.2) is 17.6 Å². The number of hydrogen-bond acceptors (Lipinski definition) is 4. The molecule has 0 radical (unpaired) electrons. The number of nitrogens with one attached hydrogen (secondary N) is 1. The molecule has 1 aliphatic heterocycles. The highest BCUT2D eigenvalue weighted by atomic mass is 19.3. The van der Waals surface area contributed by atoms with Crippen molar-refractivity contribution in [1.82, 2.24) is 9.88 Å². The number of likely N-dealkylation sites (tertiary alicyclic amines) is 1. The second-order valence-corrected chi connectivity index (χ2v) is 7.94. The van der Waals surface area contributed by atoms with Gasteiger partial charge >= 0.3 is 11.8 Å². The number of primary amides is 1. The van der Waals surface area contributed by atoms with E-state index in [9.17, 15) is 31.9 Å². The van der Waals surface area contributed by atoms with Gasteiger partial charge in [0, 0.05) is 25.1 Å². The van der Waals surface area contributed by atoms with Gasteiger partial charge in [-0.05, 0) is 30.7 Å².